The SMILES string of the molecule is CCN(CC)C(C)(C)C(CCc1nccn1C)NC. The number of imidazole rings is 1. The lowest BCUT2D eigenvalue weighted by molar-refractivity contribution is 0.0906. The summed E-state index contributed by atoms with van der Waals surface area (Å²) in [5.41, 5.74) is 0.156. The molecule has 1 aromatic rings. The van der Waals surface area contributed by atoms with E-state index < -0.39 is 0 Å². The minimum Gasteiger partial charge on any atom is -0.338 e. The first kappa shape index (κ1) is 16.2. The Morgan fingerprint density at radius 1 is 1.37 bits per heavy atom. The van der Waals surface area contributed by atoms with Crippen LogP contribution in [0.5, 0.6) is 0 Å². The molecule has 0 saturated heterocycles. The van der Waals surface area contributed by atoms with E-state index in [1.165, 1.54) is 0 Å². The highest BCUT2D eigenvalue weighted by Gasteiger charge is 2.32. The minimum absolute atomic E-state index is 0.156. The highest BCUT2D eigenvalue weighted by Crippen LogP contribution is 2.22. The monoisotopic (exact) mass is 266 g/mol. The van der Waals surface area contributed by atoms with Crippen molar-refractivity contribution in [1.82, 2.24) is 19.8 Å². The standard InChI is InChI=1S/C15H30N4/c1-7-19(8-2)15(3,4)13(16-5)9-10-14-17-11-12-18(14)6/h11-13,16H,7-10H2,1-6H3. The Labute approximate surface area is 118 Å². The van der Waals surface area contributed by atoms with Crippen molar-refractivity contribution in [3.8, 4) is 0 Å². The Hall–Kier alpha value is -0.870. The van der Waals surface area contributed by atoms with Crippen molar-refractivity contribution in [2.45, 2.75) is 52.1 Å². The van der Waals surface area contributed by atoms with Crippen LogP contribution in [0.3, 0.4) is 0 Å². The Morgan fingerprint density at radius 3 is 2.42 bits per heavy atom. The van der Waals surface area contributed by atoms with Crippen molar-refractivity contribution in [3.05, 3.63) is 18.2 Å². The average Bonchev–Trinajstić information content (AvgIpc) is 2.76. The number of nitrogens with zero attached hydrogens (tertiary/aromatic N) is 3. The van der Waals surface area contributed by atoms with Crippen LogP contribution in [0.1, 0.15) is 39.9 Å². The van der Waals surface area contributed by atoms with Gasteiger partial charge in [0.15, 0.2) is 0 Å². The molecule has 0 fully saturated rings. The van der Waals surface area contributed by atoms with Crippen molar-refractivity contribution in [2.75, 3.05) is 20.1 Å². The molecule has 1 aromatic heterocycles. The summed E-state index contributed by atoms with van der Waals surface area (Å²) in [4.78, 5) is 6.93. The maximum atomic E-state index is 4.41. The van der Waals surface area contributed by atoms with E-state index in [1.54, 1.807) is 0 Å². The Morgan fingerprint density at radius 2 is 2.00 bits per heavy atom. The largest absolute Gasteiger partial charge is 0.338 e. The second-order valence-electron chi connectivity index (χ2n) is 5.66. The molecule has 0 aliphatic rings. The predicted octanol–water partition coefficient (Wildman–Crippen LogP) is 2.06. The van der Waals surface area contributed by atoms with Crippen LogP contribution < -0.4 is 5.32 Å². The summed E-state index contributed by atoms with van der Waals surface area (Å²) in [6.45, 7) is 11.3. The maximum Gasteiger partial charge on any atom is 0.108 e. The van der Waals surface area contributed by atoms with Crippen molar-refractivity contribution >= 4 is 0 Å². The van der Waals surface area contributed by atoms with Gasteiger partial charge in [-0.1, -0.05) is 13.8 Å². The Kier molecular flexibility index (Phi) is 6.01. The van der Waals surface area contributed by atoms with E-state index in [1.807, 2.05) is 12.4 Å². The van der Waals surface area contributed by atoms with E-state index in [0.29, 0.717) is 6.04 Å². The van der Waals surface area contributed by atoms with Gasteiger partial charge in [0.1, 0.15) is 5.82 Å². The molecule has 1 N–H and O–H groups in total. The third-order valence-corrected chi connectivity index (χ3v) is 4.36. The van der Waals surface area contributed by atoms with Crippen molar-refractivity contribution in [3.63, 3.8) is 0 Å². The van der Waals surface area contributed by atoms with Gasteiger partial charge in [0, 0.05) is 37.4 Å². The van der Waals surface area contributed by atoms with Gasteiger partial charge < -0.3 is 9.88 Å². The first-order chi connectivity index (χ1) is 8.97. The van der Waals surface area contributed by atoms with Crippen molar-refractivity contribution in [2.24, 2.45) is 7.05 Å². The van der Waals surface area contributed by atoms with Crippen LogP contribution in [0.2, 0.25) is 0 Å². The van der Waals surface area contributed by atoms with Crippen molar-refractivity contribution < 1.29 is 0 Å². The fourth-order valence-electron chi connectivity index (χ4n) is 3.02. The maximum absolute atomic E-state index is 4.41. The van der Waals surface area contributed by atoms with Gasteiger partial charge in [-0.3, -0.25) is 4.90 Å². The van der Waals surface area contributed by atoms with Crippen LogP contribution in [0.25, 0.3) is 0 Å². The number of aryl methyl sites for hydroxylation is 2. The van der Waals surface area contributed by atoms with Crippen LogP contribution in [-0.2, 0) is 13.5 Å². The summed E-state index contributed by atoms with van der Waals surface area (Å²) in [5, 5.41) is 3.49. The zero-order valence-electron chi connectivity index (χ0n) is 13.4. The average molecular weight is 266 g/mol. The van der Waals surface area contributed by atoms with Gasteiger partial charge in [0.2, 0.25) is 0 Å². The molecule has 0 radical (unpaired) electrons. The normalized spacial score (nSPS) is 14.1. The first-order valence-corrected chi connectivity index (χ1v) is 7.35. The van der Waals surface area contributed by atoms with Crippen LogP contribution >= 0.6 is 0 Å². The zero-order chi connectivity index (χ0) is 14.5. The van der Waals surface area contributed by atoms with Crippen LogP contribution in [0.15, 0.2) is 12.4 Å². The smallest absolute Gasteiger partial charge is 0.108 e. The number of hydrogen-bond donors (Lipinski definition) is 1. The summed E-state index contributed by atoms with van der Waals surface area (Å²) in [6, 6.07) is 0.462. The van der Waals surface area contributed by atoms with Gasteiger partial charge in [-0.2, -0.15) is 0 Å². The van der Waals surface area contributed by atoms with Crippen LogP contribution in [-0.4, -0.2) is 46.2 Å². The minimum atomic E-state index is 0.156. The van der Waals surface area contributed by atoms with Gasteiger partial charge in [0.25, 0.3) is 0 Å². The summed E-state index contributed by atoms with van der Waals surface area (Å²) in [6.07, 6.45) is 6.00. The first-order valence-electron chi connectivity index (χ1n) is 7.35. The summed E-state index contributed by atoms with van der Waals surface area (Å²) >= 11 is 0. The second kappa shape index (κ2) is 7.06. The quantitative estimate of drug-likeness (QED) is 0.782. The molecule has 1 heterocycles. The molecule has 0 saturated carbocycles. The van der Waals surface area contributed by atoms with E-state index in [4.69, 9.17) is 0 Å². The van der Waals surface area contributed by atoms with E-state index in [2.05, 4.69) is 61.6 Å². The molecule has 1 atom stereocenters. The second-order valence-corrected chi connectivity index (χ2v) is 5.66. The molecule has 4 nitrogen and oxygen atoms in total. The highest BCUT2D eigenvalue weighted by molar-refractivity contribution is 4.97. The van der Waals surface area contributed by atoms with E-state index in [0.717, 1.165) is 31.8 Å². The molecule has 0 aliphatic carbocycles. The van der Waals surface area contributed by atoms with Crippen LogP contribution in [0, 0.1) is 0 Å². The summed E-state index contributed by atoms with van der Waals surface area (Å²) in [7, 11) is 4.13. The summed E-state index contributed by atoms with van der Waals surface area (Å²) in [5.74, 6) is 1.16. The Bertz CT molecular complexity index is 366. The molecule has 0 amide bonds. The number of rotatable bonds is 8. The lowest BCUT2D eigenvalue weighted by Crippen LogP contribution is -2.57. The van der Waals surface area contributed by atoms with E-state index in [9.17, 15) is 0 Å². The predicted molar refractivity (Wildman–Crippen MR) is 81.4 cm³/mol. The molecule has 0 bridgehead atoms. The third-order valence-electron chi connectivity index (χ3n) is 4.36. The number of aromatic nitrogens is 2. The molecule has 4 heteroatoms. The molecular formula is C15H30N4. The zero-order valence-corrected chi connectivity index (χ0v) is 13.4. The topological polar surface area (TPSA) is 33.1 Å². The highest BCUT2D eigenvalue weighted by atomic mass is 15.2. The molecule has 0 spiro atoms. The molecule has 0 aromatic carbocycles. The molecule has 19 heavy (non-hydrogen) atoms. The van der Waals surface area contributed by atoms with Gasteiger partial charge in [-0.05, 0) is 40.4 Å². The van der Waals surface area contributed by atoms with Gasteiger partial charge in [-0.15, -0.1) is 0 Å². The fourth-order valence-corrected chi connectivity index (χ4v) is 3.02. The molecule has 1 rings (SSSR count). The van der Waals surface area contributed by atoms with Gasteiger partial charge in [-0.25, -0.2) is 4.98 Å². The molecule has 0 aliphatic heterocycles. The molecular weight excluding hydrogens is 236 g/mol. The van der Waals surface area contributed by atoms with Gasteiger partial charge >= 0.3 is 0 Å². The number of likely N-dealkylation sites (N-methyl/N-ethyl adjacent to an activating group) is 2. The van der Waals surface area contributed by atoms with Crippen molar-refractivity contribution in [1.29, 1.82) is 0 Å². The summed E-state index contributed by atoms with van der Waals surface area (Å²) < 4.78 is 2.11. The number of hydrogen-bond acceptors (Lipinski definition) is 3. The Balaban J connectivity index is 2.69. The molecule has 1 unspecified atom stereocenters. The lowest BCUT2D eigenvalue weighted by Gasteiger charge is -2.43. The van der Waals surface area contributed by atoms with E-state index in [-0.39, 0.29) is 5.54 Å². The lowest BCUT2D eigenvalue weighted by atomic mass is 9.88. The fraction of sp³-hybridized carbons (Fsp3) is 0.800. The molecule has 110 valence electrons. The van der Waals surface area contributed by atoms with Gasteiger partial charge in [0.05, 0.1) is 0 Å². The third kappa shape index (κ3) is 3.80. The number of nitrogens with one attached hydrogen (secondary N) is 1. The van der Waals surface area contributed by atoms with Crippen LogP contribution in [0.4, 0.5) is 0 Å². The van der Waals surface area contributed by atoms with E-state index >= 15 is 0 Å².